The molecule has 0 radical (unpaired) electrons. The highest BCUT2D eigenvalue weighted by molar-refractivity contribution is 6.30. The van der Waals surface area contributed by atoms with Gasteiger partial charge in [0.2, 0.25) is 0 Å². The largest absolute Gasteiger partial charge is 0.492 e. The molecule has 0 aliphatic rings. The summed E-state index contributed by atoms with van der Waals surface area (Å²) in [5.74, 6) is 0.384. The maximum atomic E-state index is 13.3. The van der Waals surface area contributed by atoms with E-state index in [1.54, 1.807) is 18.3 Å². The molecule has 0 aliphatic heterocycles. The fourth-order valence-electron chi connectivity index (χ4n) is 1.92. The number of aromatic nitrogens is 1. The summed E-state index contributed by atoms with van der Waals surface area (Å²) >= 11 is 5.84. The van der Waals surface area contributed by atoms with Crippen molar-refractivity contribution in [3.05, 3.63) is 59.1 Å². The van der Waals surface area contributed by atoms with Gasteiger partial charge in [0.05, 0.1) is 12.2 Å². The Morgan fingerprint density at radius 3 is 2.71 bits per heavy atom. The summed E-state index contributed by atoms with van der Waals surface area (Å²) in [5.41, 5.74) is 0.775. The minimum atomic E-state index is -0.345. The molecule has 2 rings (SSSR count). The van der Waals surface area contributed by atoms with Gasteiger partial charge in [-0.3, -0.25) is 4.98 Å². The van der Waals surface area contributed by atoms with Crippen LogP contribution in [0.4, 0.5) is 4.39 Å². The standard InChI is InChI=1S/C16H18ClFN2O/c1-2-7-20-16(12-8-14(18)10-19-9-12)11-21-15-5-3-13(17)4-6-15/h3-6,8-10,16,20H,2,7,11H2,1H3. The number of hydrogen-bond donors (Lipinski definition) is 1. The number of halogens is 2. The Morgan fingerprint density at radius 2 is 2.05 bits per heavy atom. The minimum Gasteiger partial charge on any atom is -0.492 e. The molecule has 1 aromatic carbocycles. The predicted molar refractivity (Wildman–Crippen MR) is 82.2 cm³/mol. The molecule has 0 bridgehead atoms. The van der Waals surface area contributed by atoms with Crippen molar-refractivity contribution in [1.82, 2.24) is 10.3 Å². The predicted octanol–water partition coefficient (Wildman–Crippen LogP) is 3.99. The number of hydrogen-bond acceptors (Lipinski definition) is 3. The van der Waals surface area contributed by atoms with Gasteiger partial charge in [0.1, 0.15) is 18.2 Å². The van der Waals surface area contributed by atoms with E-state index < -0.39 is 0 Å². The van der Waals surface area contributed by atoms with Gasteiger partial charge in [0.15, 0.2) is 0 Å². The Balaban J connectivity index is 2.04. The molecule has 1 aromatic heterocycles. The van der Waals surface area contributed by atoms with Crippen molar-refractivity contribution in [3.8, 4) is 5.75 Å². The molecule has 3 nitrogen and oxygen atoms in total. The molecule has 5 heteroatoms. The first-order valence-electron chi connectivity index (χ1n) is 6.91. The molecule has 112 valence electrons. The highest BCUT2D eigenvalue weighted by atomic mass is 35.5. The molecule has 0 saturated carbocycles. The van der Waals surface area contributed by atoms with E-state index >= 15 is 0 Å². The summed E-state index contributed by atoms with van der Waals surface area (Å²) in [6.45, 7) is 3.30. The summed E-state index contributed by atoms with van der Waals surface area (Å²) < 4.78 is 19.1. The van der Waals surface area contributed by atoms with Gasteiger partial charge in [-0.05, 0) is 48.9 Å². The quantitative estimate of drug-likeness (QED) is 0.839. The Labute approximate surface area is 129 Å². The molecule has 0 saturated heterocycles. The number of rotatable bonds is 7. The summed E-state index contributed by atoms with van der Waals surface area (Å²) in [5, 5.41) is 4.00. The maximum absolute atomic E-state index is 13.3. The zero-order valence-corrected chi connectivity index (χ0v) is 12.6. The van der Waals surface area contributed by atoms with Crippen LogP contribution in [0.2, 0.25) is 5.02 Å². The second-order valence-electron chi connectivity index (χ2n) is 4.71. The lowest BCUT2D eigenvalue weighted by molar-refractivity contribution is 0.266. The van der Waals surface area contributed by atoms with Gasteiger partial charge in [-0.1, -0.05) is 18.5 Å². The topological polar surface area (TPSA) is 34.1 Å². The molecule has 1 unspecified atom stereocenters. The van der Waals surface area contributed by atoms with Crippen LogP contribution in [0.15, 0.2) is 42.7 Å². The van der Waals surface area contributed by atoms with Crippen LogP contribution in [0, 0.1) is 5.82 Å². The molecular weight excluding hydrogens is 291 g/mol. The monoisotopic (exact) mass is 308 g/mol. The first-order chi connectivity index (χ1) is 10.2. The van der Waals surface area contributed by atoms with Crippen molar-refractivity contribution in [2.24, 2.45) is 0 Å². The summed E-state index contributed by atoms with van der Waals surface area (Å²) in [6, 6.07) is 8.53. The van der Waals surface area contributed by atoms with Gasteiger partial charge in [-0.25, -0.2) is 4.39 Å². The molecular formula is C16H18ClFN2O. The lowest BCUT2D eigenvalue weighted by atomic mass is 10.1. The lowest BCUT2D eigenvalue weighted by Gasteiger charge is -2.19. The van der Waals surface area contributed by atoms with Crippen LogP contribution in [0.25, 0.3) is 0 Å². The van der Waals surface area contributed by atoms with Crippen LogP contribution in [0.3, 0.4) is 0 Å². The Bertz CT molecular complexity index is 562. The van der Waals surface area contributed by atoms with Gasteiger partial charge in [-0.15, -0.1) is 0 Å². The SMILES string of the molecule is CCCNC(COc1ccc(Cl)cc1)c1cncc(F)c1. The van der Waals surface area contributed by atoms with Crippen molar-refractivity contribution in [2.75, 3.05) is 13.2 Å². The Hall–Kier alpha value is -1.65. The normalized spacial score (nSPS) is 12.1. The van der Waals surface area contributed by atoms with E-state index in [4.69, 9.17) is 16.3 Å². The van der Waals surface area contributed by atoms with E-state index in [0.717, 1.165) is 24.3 Å². The van der Waals surface area contributed by atoms with Crippen LogP contribution in [-0.4, -0.2) is 18.1 Å². The van der Waals surface area contributed by atoms with Gasteiger partial charge in [0.25, 0.3) is 0 Å². The number of pyridine rings is 1. The van der Waals surface area contributed by atoms with E-state index in [-0.39, 0.29) is 11.9 Å². The zero-order valence-electron chi connectivity index (χ0n) is 11.9. The van der Waals surface area contributed by atoms with Crippen LogP contribution < -0.4 is 10.1 Å². The highest BCUT2D eigenvalue weighted by Gasteiger charge is 2.13. The summed E-state index contributed by atoms with van der Waals surface area (Å²) in [4.78, 5) is 3.89. The van der Waals surface area contributed by atoms with E-state index in [0.29, 0.717) is 11.6 Å². The molecule has 21 heavy (non-hydrogen) atoms. The minimum absolute atomic E-state index is 0.108. The van der Waals surface area contributed by atoms with Crippen LogP contribution in [-0.2, 0) is 0 Å². The average Bonchev–Trinajstić information content (AvgIpc) is 2.49. The van der Waals surface area contributed by atoms with E-state index in [9.17, 15) is 4.39 Å². The van der Waals surface area contributed by atoms with Gasteiger partial charge in [-0.2, -0.15) is 0 Å². The summed E-state index contributed by atoms with van der Waals surface area (Å²) in [6.07, 6.45) is 3.84. The van der Waals surface area contributed by atoms with Crippen LogP contribution in [0.1, 0.15) is 24.9 Å². The molecule has 1 heterocycles. The van der Waals surface area contributed by atoms with Crippen molar-refractivity contribution < 1.29 is 9.13 Å². The average molecular weight is 309 g/mol. The van der Waals surface area contributed by atoms with Gasteiger partial charge < -0.3 is 10.1 Å². The van der Waals surface area contributed by atoms with Crippen molar-refractivity contribution in [3.63, 3.8) is 0 Å². The lowest BCUT2D eigenvalue weighted by Crippen LogP contribution is -2.27. The van der Waals surface area contributed by atoms with E-state index in [1.165, 1.54) is 12.3 Å². The third-order valence-corrected chi connectivity index (χ3v) is 3.25. The second-order valence-corrected chi connectivity index (χ2v) is 5.14. The second kappa shape index (κ2) is 7.96. The first kappa shape index (κ1) is 15.7. The third-order valence-electron chi connectivity index (χ3n) is 3.00. The fraction of sp³-hybridized carbons (Fsp3) is 0.312. The smallest absolute Gasteiger partial charge is 0.141 e. The Morgan fingerprint density at radius 1 is 1.29 bits per heavy atom. The highest BCUT2D eigenvalue weighted by Crippen LogP contribution is 2.19. The van der Waals surface area contributed by atoms with Crippen LogP contribution in [0.5, 0.6) is 5.75 Å². The molecule has 1 atom stereocenters. The molecule has 0 aliphatic carbocycles. The zero-order chi connectivity index (χ0) is 15.1. The van der Waals surface area contributed by atoms with Crippen molar-refractivity contribution in [1.29, 1.82) is 0 Å². The van der Waals surface area contributed by atoms with Crippen molar-refractivity contribution >= 4 is 11.6 Å². The Kier molecular flexibility index (Phi) is 5.96. The number of ether oxygens (including phenoxy) is 1. The van der Waals surface area contributed by atoms with E-state index in [2.05, 4.69) is 17.2 Å². The fourth-order valence-corrected chi connectivity index (χ4v) is 2.05. The first-order valence-corrected chi connectivity index (χ1v) is 7.29. The van der Waals surface area contributed by atoms with E-state index in [1.807, 2.05) is 12.1 Å². The molecule has 0 fully saturated rings. The van der Waals surface area contributed by atoms with Gasteiger partial charge in [0, 0.05) is 11.2 Å². The molecule has 1 N–H and O–H groups in total. The number of benzene rings is 1. The maximum Gasteiger partial charge on any atom is 0.141 e. The molecule has 0 amide bonds. The summed E-state index contributed by atoms with van der Waals surface area (Å²) in [7, 11) is 0. The molecule has 2 aromatic rings. The third kappa shape index (κ3) is 4.99. The van der Waals surface area contributed by atoms with Crippen molar-refractivity contribution in [2.45, 2.75) is 19.4 Å². The number of nitrogens with zero attached hydrogens (tertiary/aromatic N) is 1. The molecule has 0 spiro atoms. The van der Waals surface area contributed by atoms with Gasteiger partial charge >= 0.3 is 0 Å². The van der Waals surface area contributed by atoms with Crippen LogP contribution >= 0.6 is 11.6 Å². The number of nitrogens with one attached hydrogen (secondary N) is 1.